The summed E-state index contributed by atoms with van der Waals surface area (Å²) in [7, 11) is -2.04. The van der Waals surface area contributed by atoms with Crippen LogP contribution in [0.2, 0.25) is 18.1 Å². The number of rotatable bonds is 15. The molecule has 4 aromatic rings. The number of ether oxygens (including phenoxy) is 4. The predicted molar refractivity (Wildman–Crippen MR) is 187 cm³/mol. The van der Waals surface area contributed by atoms with E-state index in [4.69, 9.17) is 28.5 Å². The molecule has 0 radical (unpaired) electrons. The molecule has 1 aliphatic rings. The molecule has 10 heteroatoms. The molecule has 2 unspecified atom stereocenters. The quantitative estimate of drug-likeness (QED) is 0.0941. The van der Waals surface area contributed by atoms with Crippen LogP contribution < -0.4 is 4.43 Å². The summed E-state index contributed by atoms with van der Waals surface area (Å²) in [6, 6.07) is 20.6. The third kappa shape index (κ3) is 8.92. The topological polar surface area (TPSA) is 92.7 Å². The lowest BCUT2D eigenvalue weighted by molar-refractivity contribution is -0.0365. The van der Waals surface area contributed by atoms with E-state index in [2.05, 4.69) is 58.1 Å². The molecular weight excluding hydrogens is 609 g/mol. The fourth-order valence-corrected chi connectivity index (χ4v) is 6.46. The molecular formula is C37H50N4O5Si. The average Bonchev–Trinajstić information content (AvgIpc) is 3.64. The van der Waals surface area contributed by atoms with Gasteiger partial charge >= 0.3 is 0 Å². The smallest absolute Gasteiger partial charge is 0.250 e. The predicted octanol–water partition coefficient (Wildman–Crippen LogP) is 8.10. The summed E-state index contributed by atoms with van der Waals surface area (Å²) in [4.78, 5) is 0. The maximum absolute atomic E-state index is 9.99. The zero-order chi connectivity index (χ0) is 33.4. The minimum atomic E-state index is -2.04. The molecule has 2 aromatic heterocycles. The summed E-state index contributed by atoms with van der Waals surface area (Å²) in [5, 5.41) is 16.2. The number of hydrogen-bond donors (Lipinski definition) is 0. The molecule has 3 heterocycles. The normalized spacial score (nSPS) is 16.3. The number of fused-ring (bicyclic) bond motifs is 1. The van der Waals surface area contributed by atoms with Gasteiger partial charge in [0.1, 0.15) is 23.2 Å². The number of nitriles is 1. The monoisotopic (exact) mass is 658 g/mol. The van der Waals surface area contributed by atoms with Crippen molar-refractivity contribution < 1.29 is 23.4 Å². The van der Waals surface area contributed by atoms with E-state index in [1.165, 1.54) is 0 Å². The van der Waals surface area contributed by atoms with Crippen LogP contribution in [0.5, 0.6) is 5.75 Å². The lowest BCUT2D eigenvalue weighted by Gasteiger charge is -2.36. The molecule has 0 amide bonds. The van der Waals surface area contributed by atoms with Crippen molar-refractivity contribution in [3.8, 4) is 23.1 Å². The summed E-state index contributed by atoms with van der Waals surface area (Å²) >= 11 is 0. The van der Waals surface area contributed by atoms with E-state index in [0.717, 1.165) is 59.3 Å². The van der Waals surface area contributed by atoms with Crippen LogP contribution in [0.4, 0.5) is 0 Å². The first-order valence-corrected chi connectivity index (χ1v) is 19.7. The Morgan fingerprint density at radius 2 is 1.85 bits per heavy atom. The van der Waals surface area contributed by atoms with Crippen molar-refractivity contribution in [3.05, 3.63) is 72.1 Å². The van der Waals surface area contributed by atoms with E-state index in [9.17, 15) is 5.26 Å². The molecule has 0 N–H and O–H groups in total. The van der Waals surface area contributed by atoms with E-state index >= 15 is 0 Å². The van der Waals surface area contributed by atoms with Gasteiger partial charge in [0.25, 0.3) is 0 Å². The summed E-state index contributed by atoms with van der Waals surface area (Å²) in [5.74, 6) is 0.849. The summed E-state index contributed by atoms with van der Waals surface area (Å²) in [6.45, 7) is 17.0. The van der Waals surface area contributed by atoms with Crippen molar-refractivity contribution in [2.75, 3.05) is 33.0 Å². The molecule has 2 aromatic carbocycles. The molecule has 1 saturated heterocycles. The molecule has 2 atom stereocenters. The maximum Gasteiger partial charge on any atom is 0.250 e. The van der Waals surface area contributed by atoms with Crippen LogP contribution in [0.3, 0.4) is 0 Å². The molecule has 1 fully saturated rings. The van der Waals surface area contributed by atoms with Crippen molar-refractivity contribution in [2.24, 2.45) is 0 Å². The molecule has 0 bridgehead atoms. The highest BCUT2D eigenvalue weighted by molar-refractivity contribution is 6.74. The van der Waals surface area contributed by atoms with Crippen LogP contribution in [-0.4, -0.2) is 61.8 Å². The second-order valence-electron chi connectivity index (χ2n) is 13.9. The minimum Gasteiger partial charge on any atom is -0.543 e. The third-order valence-electron chi connectivity index (χ3n) is 9.14. The van der Waals surface area contributed by atoms with Crippen molar-refractivity contribution in [3.63, 3.8) is 0 Å². The van der Waals surface area contributed by atoms with Gasteiger partial charge in [-0.2, -0.15) is 10.4 Å². The summed E-state index contributed by atoms with van der Waals surface area (Å²) in [5.41, 5.74) is 4.42. The van der Waals surface area contributed by atoms with Crippen LogP contribution in [0.25, 0.3) is 22.2 Å². The van der Waals surface area contributed by atoms with Gasteiger partial charge in [-0.25, -0.2) is 4.68 Å². The number of nitrogens with zero attached hydrogens (tertiary/aromatic N) is 4. The molecule has 0 spiro atoms. The SMILES string of the molecule is CC(COCc1ccccc1)OCCOCCn1cc(-c2nn(C3CCCCO3)c3ccc(O[Si](C)(C)C(C)(C)C)cc23)cc1C#N. The maximum atomic E-state index is 9.99. The molecule has 0 saturated carbocycles. The second-order valence-corrected chi connectivity index (χ2v) is 18.6. The van der Waals surface area contributed by atoms with Crippen molar-refractivity contribution in [2.45, 2.75) is 90.6 Å². The van der Waals surface area contributed by atoms with E-state index in [-0.39, 0.29) is 17.4 Å². The molecule has 9 nitrogen and oxygen atoms in total. The number of hydrogen-bond acceptors (Lipinski definition) is 7. The fraction of sp³-hybridized carbons (Fsp3) is 0.514. The van der Waals surface area contributed by atoms with E-state index in [1.54, 1.807) is 0 Å². The zero-order valence-corrected chi connectivity index (χ0v) is 29.8. The van der Waals surface area contributed by atoms with Gasteiger partial charge in [0.2, 0.25) is 8.32 Å². The molecule has 1 aliphatic heterocycles. The van der Waals surface area contributed by atoms with E-state index in [1.807, 2.05) is 58.8 Å². The van der Waals surface area contributed by atoms with Crippen molar-refractivity contribution >= 4 is 19.2 Å². The molecule has 252 valence electrons. The van der Waals surface area contributed by atoms with Gasteiger partial charge in [-0.1, -0.05) is 51.1 Å². The number of benzene rings is 2. The Bertz CT molecular complexity index is 1630. The van der Waals surface area contributed by atoms with E-state index < -0.39 is 8.32 Å². The highest BCUT2D eigenvalue weighted by Gasteiger charge is 2.39. The Morgan fingerprint density at radius 1 is 1.04 bits per heavy atom. The largest absolute Gasteiger partial charge is 0.543 e. The first kappa shape index (κ1) is 34.9. The minimum absolute atomic E-state index is 0.0269. The van der Waals surface area contributed by atoms with Crippen molar-refractivity contribution in [1.29, 1.82) is 5.26 Å². The molecule has 0 aliphatic carbocycles. The molecule has 47 heavy (non-hydrogen) atoms. The first-order valence-electron chi connectivity index (χ1n) is 16.8. The second kappa shape index (κ2) is 15.6. The fourth-order valence-electron chi connectivity index (χ4n) is 5.43. The van der Waals surface area contributed by atoms with Crippen LogP contribution in [-0.2, 0) is 32.1 Å². The van der Waals surface area contributed by atoms with Crippen molar-refractivity contribution in [1.82, 2.24) is 14.3 Å². The zero-order valence-electron chi connectivity index (χ0n) is 28.8. The van der Waals surface area contributed by atoms with Crippen LogP contribution in [0.15, 0.2) is 60.8 Å². The van der Waals surface area contributed by atoms with Gasteiger partial charge in [-0.05, 0) is 74.1 Å². The average molecular weight is 659 g/mol. The highest BCUT2D eigenvalue weighted by atomic mass is 28.4. The van der Waals surface area contributed by atoms with Gasteiger partial charge in [0, 0.05) is 30.3 Å². The Balaban J connectivity index is 1.23. The Labute approximate surface area is 280 Å². The highest BCUT2D eigenvalue weighted by Crippen LogP contribution is 2.40. The van der Waals surface area contributed by atoms with Gasteiger partial charge in [0.05, 0.1) is 44.7 Å². The summed E-state index contributed by atoms with van der Waals surface area (Å²) in [6.07, 6.45) is 4.95. The van der Waals surface area contributed by atoms with Crippen LogP contribution >= 0.6 is 0 Å². The number of aromatic nitrogens is 3. The Hall–Kier alpha value is -3.46. The van der Waals surface area contributed by atoms with Crippen LogP contribution in [0.1, 0.15) is 64.4 Å². The Morgan fingerprint density at radius 3 is 2.57 bits per heavy atom. The van der Waals surface area contributed by atoms with Gasteiger partial charge in [-0.15, -0.1) is 0 Å². The third-order valence-corrected chi connectivity index (χ3v) is 13.5. The van der Waals surface area contributed by atoms with Gasteiger partial charge in [0.15, 0.2) is 6.23 Å². The molecule has 5 rings (SSSR count). The first-order chi connectivity index (χ1) is 22.6. The van der Waals surface area contributed by atoms with Gasteiger partial charge < -0.3 is 27.9 Å². The van der Waals surface area contributed by atoms with Gasteiger partial charge in [-0.3, -0.25) is 0 Å². The summed E-state index contributed by atoms with van der Waals surface area (Å²) < 4.78 is 34.3. The Kier molecular flexibility index (Phi) is 11.6. The van der Waals surface area contributed by atoms with E-state index in [0.29, 0.717) is 45.3 Å². The lowest BCUT2D eigenvalue weighted by atomic mass is 10.1. The standard InChI is InChI=1S/C37H50N4O5Si/c1-28(26-43-27-29-12-8-7-9-13-29)44-21-20-42-19-17-40-25-30(22-31(40)24-38)36-33-23-32(46-47(5,6)37(2,3)4)15-16-34(33)41(39-36)35-14-10-11-18-45-35/h7-9,12-13,15-16,22-23,25,28,35H,10-11,14,17-21,26-27H2,1-6H3. The lowest BCUT2D eigenvalue weighted by Crippen LogP contribution is -2.43. The van der Waals surface area contributed by atoms with Crippen LogP contribution in [0, 0.1) is 11.3 Å².